The van der Waals surface area contributed by atoms with Crippen LogP contribution in [0.15, 0.2) is 48.7 Å². The van der Waals surface area contributed by atoms with Crippen molar-refractivity contribution in [1.29, 1.82) is 0 Å². The fourth-order valence-electron chi connectivity index (χ4n) is 2.93. The van der Waals surface area contributed by atoms with Gasteiger partial charge in [-0.2, -0.15) is 0 Å². The summed E-state index contributed by atoms with van der Waals surface area (Å²) in [7, 11) is 0. The lowest BCUT2D eigenvalue weighted by molar-refractivity contribution is -0.130. The Bertz CT molecular complexity index is 1020. The van der Waals surface area contributed by atoms with Gasteiger partial charge in [0.15, 0.2) is 0 Å². The Morgan fingerprint density at radius 1 is 1.26 bits per heavy atom. The topological polar surface area (TPSA) is 78.7 Å². The van der Waals surface area contributed by atoms with E-state index in [4.69, 9.17) is 11.6 Å². The molecule has 0 spiro atoms. The lowest BCUT2D eigenvalue weighted by Crippen LogP contribution is -2.46. The van der Waals surface area contributed by atoms with Crippen LogP contribution < -0.4 is 10.7 Å². The number of hydrogen-bond donors (Lipinski definition) is 2. The van der Waals surface area contributed by atoms with Crippen molar-refractivity contribution < 1.29 is 9.59 Å². The molecule has 9 heteroatoms. The molecule has 1 saturated heterocycles. The van der Waals surface area contributed by atoms with E-state index < -0.39 is 6.03 Å². The molecule has 1 aliphatic rings. The van der Waals surface area contributed by atoms with Gasteiger partial charge in [-0.25, -0.2) is 20.2 Å². The van der Waals surface area contributed by atoms with Gasteiger partial charge in [0.2, 0.25) is 0 Å². The molecule has 1 unspecified atom stereocenters. The van der Waals surface area contributed by atoms with Crippen LogP contribution in [0.3, 0.4) is 0 Å². The number of urea groups is 1. The zero-order valence-electron chi connectivity index (χ0n) is 14.3. The van der Waals surface area contributed by atoms with Crippen molar-refractivity contribution in [3.05, 3.63) is 64.9 Å². The average Bonchev–Trinajstić information content (AvgIpc) is 3.16. The van der Waals surface area contributed by atoms with Crippen molar-refractivity contribution in [2.24, 2.45) is 0 Å². The van der Waals surface area contributed by atoms with Crippen LogP contribution in [0.1, 0.15) is 16.6 Å². The summed E-state index contributed by atoms with van der Waals surface area (Å²) in [5.41, 5.74) is 4.97. The molecule has 3 amide bonds. The Kier molecular flexibility index (Phi) is 4.67. The van der Waals surface area contributed by atoms with E-state index in [2.05, 4.69) is 15.7 Å². The number of benzene rings is 1. The SMILES string of the molecule is Cc1nc2ccccn2c1NC(=O)NN1C(=O)CSC1c1ccc(Cl)cc1. The number of aromatic nitrogens is 2. The number of hydrazine groups is 1. The first kappa shape index (κ1) is 17.7. The van der Waals surface area contributed by atoms with Crippen molar-refractivity contribution in [3.8, 4) is 0 Å². The number of nitrogens with zero attached hydrogens (tertiary/aromatic N) is 3. The van der Waals surface area contributed by atoms with Gasteiger partial charge in [0.1, 0.15) is 16.8 Å². The van der Waals surface area contributed by atoms with Gasteiger partial charge < -0.3 is 0 Å². The van der Waals surface area contributed by atoms with E-state index in [0.29, 0.717) is 22.3 Å². The predicted octanol–water partition coefficient (Wildman–Crippen LogP) is 3.61. The van der Waals surface area contributed by atoms with E-state index in [9.17, 15) is 9.59 Å². The van der Waals surface area contributed by atoms with Gasteiger partial charge in [-0.3, -0.25) is 14.5 Å². The first-order valence-corrected chi connectivity index (χ1v) is 9.66. The summed E-state index contributed by atoms with van der Waals surface area (Å²) in [6.07, 6.45) is 1.82. The number of hydrogen-bond acceptors (Lipinski definition) is 4. The van der Waals surface area contributed by atoms with E-state index in [-0.39, 0.29) is 11.3 Å². The number of fused-ring (bicyclic) bond motifs is 1. The molecule has 1 atom stereocenters. The monoisotopic (exact) mass is 401 g/mol. The number of rotatable bonds is 3. The summed E-state index contributed by atoms with van der Waals surface area (Å²) >= 11 is 7.38. The van der Waals surface area contributed by atoms with E-state index in [1.165, 1.54) is 16.8 Å². The van der Waals surface area contributed by atoms with Gasteiger partial charge in [0, 0.05) is 11.2 Å². The number of carbonyl (C=O) groups is 2. The second-order valence-corrected chi connectivity index (χ2v) is 7.52. The van der Waals surface area contributed by atoms with Gasteiger partial charge in [-0.1, -0.05) is 29.8 Å². The van der Waals surface area contributed by atoms with Gasteiger partial charge in [0.05, 0.1) is 11.4 Å². The molecule has 0 radical (unpaired) electrons. The minimum atomic E-state index is -0.501. The summed E-state index contributed by atoms with van der Waals surface area (Å²) in [6.45, 7) is 1.82. The largest absolute Gasteiger partial charge is 0.339 e. The van der Waals surface area contributed by atoms with Crippen LogP contribution in [0.25, 0.3) is 5.65 Å². The second-order valence-electron chi connectivity index (χ2n) is 6.02. The van der Waals surface area contributed by atoms with Crippen LogP contribution in [0, 0.1) is 6.92 Å². The molecule has 138 valence electrons. The van der Waals surface area contributed by atoms with Crippen LogP contribution in [0.2, 0.25) is 5.02 Å². The third-order valence-corrected chi connectivity index (χ3v) is 5.65. The predicted molar refractivity (Wildman–Crippen MR) is 106 cm³/mol. The molecule has 1 fully saturated rings. The number of halogens is 1. The van der Waals surface area contributed by atoms with E-state index in [1.807, 2.05) is 43.5 Å². The maximum atomic E-state index is 12.6. The van der Waals surface area contributed by atoms with Crippen LogP contribution in [0.4, 0.5) is 10.6 Å². The highest BCUT2D eigenvalue weighted by Gasteiger charge is 2.34. The van der Waals surface area contributed by atoms with Crippen LogP contribution in [-0.2, 0) is 4.79 Å². The van der Waals surface area contributed by atoms with Crippen molar-refractivity contribution in [3.63, 3.8) is 0 Å². The molecule has 7 nitrogen and oxygen atoms in total. The van der Waals surface area contributed by atoms with Gasteiger partial charge in [-0.05, 0) is 36.8 Å². The van der Waals surface area contributed by atoms with E-state index >= 15 is 0 Å². The molecule has 3 aromatic rings. The average molecular weight is 402 g/mol. The number of imidazole rings is 1. The fraction of sp³-hybridized carbons (Fsp3) is 0.167. The number of anilines is 1. The third-order valence-electron chi connectivity index (χ3n) is 4.18. The molecule has 0 saturated carbocycles. The van der Waals surface area contributed by atoms with E-state index in [0.717, 1.165) is 11.2 Å². The molecule has 27 heavy (non-hydrogen) atoms. The number of carbonyl (C=O) groups excluding carboxylic acids is 2. The van der Waals surface area contributed by atoms with Crippen molar-refractivity contribution in [2.75, 3.05) is 11.1 Å². The van der Waals surface area contributed by atoms with Gasteiger partial charge in [-0.15, -0.1) is 11.8 Å². The van der Waals surface area contributed by atoms with Crippen LogP contribution in [0.5, 0.6) is 0 Å². The molecule has 3 heterocycles. The highest BCUT2D eigenvalue weighted by Crippen LogP contribution is 2.37. The maximum Gasteiger partial charge on any atom is 0.339 e. The normalized spacial score (nSPS) is 16.7. The highest BCUT2D eigenvalue weighted by atomic mass is 35.5. The summed E-state index contributed by atoms with van der Waals surface area (Å²) in [4.78, 5) is 29.2. The van der Waals surface area contributed by atoms with Crippen molar-refractivity contribution in [1.82, 2.24) is 19.8 Å². The first-order chi connectivity index (χ1) is 13.0. The lowest BCUT2D eigenvalue weighted by atomic mass is 10.2. The molecule has 1 aromatic carbocycles. The Morgan fingerprint density at radius 3 is 2.81 bits per heavy atom. The Balaban J connectivity index is 1.53. The number of pyridine rings is 1. The summed E-state index contributed by atoms with van der Waals surface area (Å²) < 4.78 is 1.78. The molecule has 0 aliphatic carbocycles. The number of amides is 3. The quantitative estimate of drug-likeness (QED) is 0.702. The molecule has 1 aliphatic heterocycles. The van der Waals surface area contributed by atoms with Crippen LogP contribution >= 0.6 is 23.4 Å². The summed E-state index contributed by atoms with van der Waals surface area (Å²) in [6, 6.07) is 12.3. The fourth-order valence-corrected chi connectivity index (χ4v) is 4.16. The number of aryl methyl sites for hydroxylation is 1. The number of nitrogens with one attached hydrogen (secondary N) is 2. The molecule has 2 aromatic heterocycles. The molecule has 0 bridgehead atoms. The minimum Gasteiger partial charge on any atom is -0.290 e. The van der Waals surface area contributed by atoms with E-state index in [1.54, 1.807) is 16.5 Å². The zero-order valence-corrected chi connectivity index (χ0v) is 15.9. The summed E-state index contributed by atoms with van der Waals surface area (Å²) in [5, 5.41) is 4.45. The third kappa shape index (κ3) is 3.45. The molecular weight excluding hydrogens is 386 g/mol. The van der Waals surface area contributed by atoms with Crippen molar-refractivity contribution in [2.45, 2.75) is 12.3 Å². The second kappa shape index (κ2) is 7.13. The first-order valence-electron chi connectivity index (χ1n) is 8.23. The highest BCUT2D eigenvalue weighted by molar-refractivity contribution is 8.00. The number of thioether (sulfide) groups is 1. The standard InChI is InChI=1S/C18H16ClN5O2S/c1-11-16(23-9-3-2-4-14(23)20-11)21-18(26)22-24-15(25)10-27-17(24)12-5-7-13(19)8-6-12/h2-9,17H,10H2,1H3,(H2,21,22,26). The molecule has 2 N–H and O–H groups in total. The molecular formula is C18H16ClN5O2S. The maximum absolute atomic E-state index is 12.6. The van der Waals surface area contributed by atoms with Gasteiger partial charge in [0.25, 0.3) is 5.91 Å². The Morgan fingerprint density at radius 2 is 2.04 bits per heavy atom. The minimum absolute atomic E-state index is 0.162. The van der Waals surface area contributed by atoms with Gasteiger partial charge >= 0.3 is 6.03 Å². The van der Waals surface area contributed by atoms with Crippen LogP contribution in [-0.4, -0.2) is 32.1 Å². The lowest BCUT2D eigenvalue weighted by Gasteiger charge is -2.24. The zero-order chi connectivity index (χ0) is 19.0. The summed E-state index contributed by atoms with van der Waals surface area (Å²) in [5.74, 6) is 0.692. The Hall–Kier alpha value is -2.71. The molecule has 4 rings (SSSR count). The Labute approximate surface area is 164 Å². The smallest absolute Gasteiger partial charge is 0.290 e. The van der Waals surface area contributed by atoms with Crippen molar-refractivity contribution >= 4 is 46.8 Å².